The first-order valence-electron chi connectivity index (χ1n) is 11.5. The van der Waals surface area contributed by atoms with Crippen LogP contribution in [0.3, 0.4) is 0 Å². The van der Waals surface area contributed by atoms with Crippen LogP contribution in [-0.4, -0.2) is 60.1 Å². The van der Waals surface area contributed by atoms with Crippen LogP contribution in [0, 0.1) is 5.41 Å². The van der Waals surface area contributed by atoms with Crippen molar-refractivity contribution in [2.24, 2.45) is 5.41 Å². The first-order chi connectivity index (χ1) is 14.7. The normalized spacial score (nSPS) is 16.3. The molecule has 0 radical (unpaired) electrons. The average Bonchev–Trinajstić information content (AvgIpc) is 2.67. The molecule has 1 aliphatic rings. The van der Waals surface area contributed by atoms with Crippen molar-refractivity contribution < 1.29 is 33.4 Å². The first kappa shape index (κ1) is 27.9. The molecule has 184 valence electrons. The SMILES string of the molecule is COC(=O)CCCCCCC(=O)N1CCC(C(=O)OC(C)(C)C)(C(=O)OC(C)(C)C)CC1. The van der Waals surface area contributed by atoms with E-state index >= 15 is 0 Å². The monoisotopic (exact) mass is 455 g/mol. The highest BCUT2D eigenvalue weighted by molar-refractivity contribution is 6.00. The molecule has 1 rings (SSSR count). The van der Waals surface area contributed by atoms with Crippen molar-refractivity contribution in [3.63, 3.8) is 0 Å². The quantitative estimate of drug-likeness (QED) is 0.226. The number of hydrogen-bond acceptors (Lipinski definition) is 7. The summed E-state index contributed by atoms with van der Waals surface area (Å²) in [5, 5.41) is 0. The Hall–Kier alpha value is -2.12. The van der Waals surface area contributed by atoms with Crippen LogP contribution in [0.2, 0.25) is 0 Å². The van der Waals surface area contributed by atoms with Crippen molar-refractivity contribution >= 4 is 23.8 Å². The molecule has 1 aliphatic heterocycles. The molecule has 8 nitrogen and oxygen atoms in total. The highest BCUT2D eigenvalue weighted by Gasteiger charge is 2.53. The Morgan fingerprint density at radius 1 is 0.750 bits per heavy atom. The Kier molecular flexibility index (Phi) is 10.2. The number of esters is 3. The summed E-state index contributed by atoms with van der Waals surface area (Å²) in [5.41, 5.74) is -2.86. The van der Waals surface area contributed by atoms with E-state index in [0.717, 1.165) is 25.7 Å². The molecule has 32 heavy (non-hydrogen) atoms. The molecule has 0 saturated carbocycles. The number of piperidine rings is 1. The van der Waals surface area contributed by atoms with E-state index in [9.17, 15) is 19.2 Å². The topological polar surface area (TPSA) is 99.2 Å². The van der Waals surface area contributed by atoms with Gasteiger partial charge in [0.1, 0.15) is 11.2 Å². The van der Waals surface area contributed by atoms with Gasteiger partial charge < -0.3 is 19.1 Å². The lowest BCUT2D eigenvalue weighted by molar-refractivity contribution is -0.190. The van der Waals surface area contributed by atoms with Crippen LogP contribution in [0.15, 0.2) is 0 Å². The summed E-state index contributed by atoms with van der Waals surface area (Å²) in [6.45, 7) is 11.2. The zero-order chi connectivity index (χ0) is 24.6. The second kappa shape index (κ2) is 11.7. The second-order valence-corrected chi connectivity index (χ2v) is 10.5. The summed E-state index contributed by atoms with van der Waals surface area (Å²) in [5.74, 6) is -1.37. The third-order valence-corrected chi connectivity index (χ3v) is 5.30. The lowest BCUT2D eigenvalue weighted by Crippen LogP contribution is -2.53. The summed E-state index contributed by atoms with van der Waals surface area (Å²) in [6.07, 6.45) is 4.37. The van der Waals surface area contributed by atoms with E-state index in [4.69, 9.17) is 9.47 Å². The molecule has 0 aliphatic carbocycles. The van der Waals surface area contributed by atoms with Gasteiger partial charge in [0.05, 0.1) is 7.11 Å². The van der Waals surface area contributed by atoms with Crippen molar-refractivity contribution in [1.82, 2.24) is 4.90 Å². The number of unbranched alkanes of at least 4 members (excludes halogenated alkanes) is 3. The van der Waals surface area contributed by atoms with Gasteiger partial charge in [-0.25, -0.2) is 0 Å². The first-order valence-corrected chi connectivity index (χ1v) is 11.5. The van der Waals surface area contributed by atoms with E-state index in [1.165, 1.54) is 7.11 Å². The maximum absolute atomic E-state index is 13.0. The maximum atomic E-state index is 13.0. The van der Waals surface area contributed by atoms with Crippen LogP contribution in [0.1, 0.15) is 92.9 Å². The fourth-order valence-electron chi connectivity index (χ4n) is 3.54. The molecule has 1 heterocycles. The highest BCUT2D eigenvalue weighted by Crippen LogP contribution is 2.37. The molecule has 0 unspecified atom stereocenters. The standard InChI is InChI=1S/C24H41NO7/c1-22(2,3)31-20(28)24(21(29)32-23(4,5)6)14-16-25(17-15-24)18(26)12-10-8-9-11-13-19(27)30-7/h8-17H2,1-7H3. The van der Waals surface area contributed by atoms with Gasteiger partial charge in [0, 0.05) is 25.9 Å². The van der Waals surface area contributed by atoms with Gasteiger partial charge in [-0.15, -0.1) is 0 Å². The van der Waals surface area contributed by atoms with Gasteiger partial charge in [0.2, 0.25) is 5.91 Å². The molecule has 1 fully saturated rings. The fraction of sp³-hybridized carbons (Fsp3) is 0.833. The maximum Gasteiger partial charge on any atom is 0.324 e. The second-order valence-electron chi connectivity index (χ2n) is 10.5. The Morgan fingerprint density at radius 3 is 1.59 bits per heavy atom. The Bertz CT molecular complexity index is 635. The molecule has 0 aromatic heterocycles. The minimum atomic E-state index is -1.40. The van der Waals surface area contributed by atoms with Gasteiger partial charge >= 0.3 is 17.9 Å². The molecule has 1 saturated heterocycles. The molecule has 0 bridgehead atoms. The van der Waals surface area contributed by atoms with Crippen molar-refractivity contribution in [1.29, 1.82) is 0 Å². The summed E-state index contributed by atoms with van der Waals surface area (Å²) in [6, 6.07) is 0. The number of carbonyl (C=O) groups excluding carboxylic acids is 4. The summed E-state index contributed by atoms with van der Waals surface area (Å²) < 4.78 is 15.7. The van der Waals surface area contributed by atoms with Gasteiger partial charge in [-0.05, 0) is 67.2 Å². The minimum absolute atomic E-state index is 0.0138. The largest absolute Gasteiger partial charge is 0.469 e. The summed E-state index contributed by atoms with van der Waals surface area (Å²) in [4.78, 5) is 51.5. The summed E-state index contributed by atoms with van der Waals surface area (Å²) >= 11 is 0. The van der Waals surface area contributed by atoms with E-state index in [0.29, 0.717) is 25.9 Å². The van der Waals surface area contributed by atoms with E-state index in [1.807, 2.05) is 0 Å². The molecule has 0 aromatic carbocycles. The van der Waals surface area contributed by atoms with Crippen molar-refractivity contribution in [3.05, 3.63) is 0 Å². The number of hydrogen-bond donors (Lipinski definition) is 0. The average molecular weight is 456 g/mol. The number of likely N-dealkylation sites (tertiary alicyclic amines) is 1. The molecule has 0 aromatic rings. The predicted molar refractivity (Wildman–Crippen MR) is 120 cm³/mol. The minimum Gasteiger partial charge on any atom is -0.469 e. The Labute approximate surface area is 192 Å². The predicted octanol–water partition coefficient (Wildman–Crippen LogP) is 3.79. The number of ether oxygens (including phenoxy) is 3. The number of nitrogens with zero attached hydrogens (tertiary/aromatic N) is 1. The number of rotatable bonds is 9. The molecule has 0 atom stereocenters. The fourth-order valence-corrected chi connectivity index (χ4v) is 3.54. The van der Waals surface area contributed by atoms with Gasteiger partial charge in [-0.3, -0.25) is 19.2 Å². The van der Waals surface area contributed by atoms with Crippen LogP contribution in [0.5, 0.6) is 0 Å². The molecule has 1 amide bonds. The van der Waals surface area contributed by atoms with Crippen molar-refractivity contribution in [3.8, 4) is 0 Å². The van der Waals surface area contributed by atoms with Gasteiger partial charge in [0.15, 0.2) is 5.41 Å². The smallest absolute Gasteiger partial charge is 0.324 e. The molecule has 8 heteroatoms. The number of carbonyl (C=O) groups is 4. The Morgan fingerprint density at radius 2 is 1.19 bits per heavy atom. The zero-order valence-corrected chi connectivity index (χ0v) is 20.9. The van der Waals surface area contributed by atoms with Crippen LogP contribution in [-0.2, 0) is 33.4 Å². The van der Waals surface area contributed by atoms with Crippen LogP contribution < -0.4 is 0 Å². The van der Waals surface area contributed by atoms with E-state index < -0.39 is 28.6 Å². The van der Waals surface area contributed by atoms with Crippen molar-refractivity contribution in [2.75, 3.05) is 20.2 Å². The third kappa shape index (κ3) is 9.17. The molecular weight excluding hydrogens is 414 g/mol. The van der Waals surface area contributed by atoms with Gasteiger partial charge in [0.25, 0.3) is 0 Å². The summed E-state index contributed by atoms with van der Waals surface area (Å²) in [7, 11) is 1.37. The molecule has 0 spiro atoms. The Balaban J connectivity index is 2.66. The third-order valence-electron chi connectivity index (χ3n) is 5.30. The van der Waals surface area contributed by atoms with E-state index in [-0.39, 0.29) is 24.7 Å². The van der Waals surface area contributed by atoms with E-state index in [1.54, 1.807) is 46.4 Å². The molecule has 0 N–H and O–H groups in total. The lowest BCUT2D eigenvalue weighted by Gasteiger charge is -2.40. The van der Waals surface area contributed by atoms with E-state index in [2.05, 4.69) is 4.74 Å². The highest BCUT2D eigenvalue weighted by atomic mass is 16.6. The molecular formula is C24H41NO7. The lowest BCUT2D eigenvalue weighted by atomic mass is 9.77. The van der Waals surface area contributed by atoms with Crippen LogP contribution in [0.4, 0.5) is 0 Å². The zero-order valence-electron chi connectivity index (χ0n) is 20.9. The number of methoxy groups -OCH3 is 1. The van der Waals surface area contributed by atoms with Crippen LogP contribution >= 0.6 is 0 Å². The van der Waals surface area contributed by atoms with Crippen molar-refractivity contribution in [2.45, 2.75) is 104 Å². The number of amides is 1. The van der Waals surface area contributed by atoms with Gasteiger partial charge in [-0.1, -0.05) is 12.8 Å². The van der Waals surface area contributed by atoms with Crippen LogP contribution in [0.25, 0.3) is 0 Å². The van der Waals surface area contributed by atoms with Gasteiger partial charge in [-0.2, -0.15) is 0 Å².